The number of hydrogen-bond donors (Lipinski definition) is 4. The van der Waals surface area contributed by atoms with Crippen molar-refractivity contribution in [3.05, 3.63) is 76.3 Å². The number of aryl methyl sites for hydroxylation is 1. The van der Waals surface area contributed by atoms with E-state index in [1.807, 2.05) is 11.0 Å². The zero-order chi connectivity index (χ0) is 48.3. The van der Waals surface area contributed by atoms with Crippen molar-refractivity contribution in [2.75, 3.05) is 67.4 Å². The van der Waals surface area contributed by atoms with Gasteiger partial charge < -0.3 is 34.8 Å². The normalized spacial score (nSPS) is 20.6. The van der Waals surface area contributed by atoms with Gasteiger partial charge in [-0.3, -0.25) is 28.5 Å². The number of halogens is 2. The molecule has 3 amide bonds. The minimum absolute atomic E-state index is 0.0160. The molecule has 6 heterocycles. The first-order chi connectivity index (χ1) is 32.4. The summed E-state index contributed by atoms with van der Waals surface area (Å²) in [4.78, 5) is 49.6. The van der Waals surface area contributed by atoms with Crippen LogP contribution < -0.4 is 30.1 Å². The Morgan fingerprint density at radius 2 is 1.81 bits per heavy atom. The fourth-order valence-electron chi connectivity index (χ4n) is 9.58. The number of rotatable bonds is 11. The number of nitriles is 1. The molecule has 68 heavy (non-hydrogen) atoms. The average molecular weight is 960 g/mol. The molecule has 4 saturated heterocycles. The van der Waals surface area contributed by atoms with Gasteiger partial charge in [-0.15, -0.1) is 0 Å². The van der Waals surface area contributed by atoms with Crippen LogP contribution in [-0.2, 0) is 26.8 Å². The van der Waals surface area contributed by atoms with Crippen LogP contribution in [0.1, 0.15) is 63.5 Å². The molecule has 4 aliphatic heterocycles. The molecule has 0 radical (unpaired) electrons. The third-order valence-electron chi connectivity index (χ3n) is 13.7. The minimum Gasteiger partial charge on any atom is -0.453 e. The second-order valence-electron chi connectivity index (χ2n) is 18.0. The smallest absolute Gasteiger partial charge is 0.325 e. The molecule has 0 aliphatic carbocycles. The van der Waals surface area contributed by atoms with Crippen LogP contribution in [0, 0.1) is 23.0 Å². The number of nitrogens with zero attached hydrogens (tertiary/aromatic N) is 9. The van der Waals surface area contributed by atoms with Crippen LogP contribution in [0.25, 0.3) is 21.8 Å². The number of anilines is 3. The standard InChI is InChI=1S/C45H51F2N11O9S/c1-4-53(2)68(64,65)52-35-8-6-32(46)40(31(35)24-48)67-28-5-7-34-29(19-28)42(61)58(26-49-34)27-22-45(66-25-27)12-17-56(18-13-45)39(60)23-44(63)10-15-55(16-11-44)37-21-36-30(20-33(37)47)41(51-54(36)3)57-14-9-38(59)50-43(57)62/h5-8,19-21,26-27,38,52,59,63H,4,9-18,22-23,25H2,1-3H3,(H,50,62)/t27-,38?/m1/s1. The number of aromatic nitrogens is 4. The molecular formula is C45H51F2N11O9S. The number of carbonyl (C=O) groups is 2. The first-order valence-electron chi connectivity index (χ1n) is 22.4. The van der Waals surface area contributed by atoms with Crippen molar-refractivity contribution in [2.24, 2.45) is 7.05 Å². The molecule has 1 unspecified atom stereocenters. The van der Waals surface area contributed by atoms with Gasteiger partial charge in [-0.2, -0.15) is 23.1 Å². The van der Waals surface area contributed by atoms with Crippen molar-refractivity contribution >= 4 is 61.1 Å². The van der Waals surface area contributed by atoms with Crippen molar-refractivity contribution in [1.82, 2.24) is 33.9 Å². The van der Waals surface area contributed by atoms with Crippen LogP contribution >= 0.6 is 0 Å². The second kappa shape index (κ2) is 17.9. The van der Waals surface area contributed by atoms with Gasteiger partial charge in [-0.1, -0.05) is 6.92 Å². The number of aliphatic hydroxyl groups is 2. The Balaban J connectivity index is 0.812. The van der Waals surface area contributed by atoms with Crippen LogP contribution in [0.15, 0.2) is 53.6 Å². The quantitative estimate of drug-likeness (QED) is 0.148. The van der Waals surface area contributed by atoms with Gasteiger partial charge in [0.15, 0.2) is 17.4 Å². The van der Waals surface area contributed by atoms with Gasteiger partial charge in [-0.25, -0.2) is 18.6 Å². The molecular weight excluding hydrogens is 909 g/mol. The summed E-state index contributed by atoms with van der Waals surface area (Å²) >= 11 is 0. The van der Waals surface area contributed by atoms with Gasteiger partial charge in [0.1, 0.15) is 29.4 Å². The molecule has 0 saturated carbocycles. The molecule has 4 aliphatic rings. The van der Waals surface area contributed by atoms with Crippen molar-refractivity contribution in [3.8, 4) is 17.6 Å². The molecule has 3 aromatic carbocycles. The summed E-state index contributed by atoms with van der Waals surface area (Å²) in [6.07, 6.45) is 2.66. The molecule has 360 valence electrons. The number of ether oxygens (including phenoxy) is 2. The highest BCUT2D eigenvalue weighted by Gasteiger charge is 2.45. The molecule has 20 nitrogen and oxygen atoms in total. The predicted molar refractivity (Wildman–Crippen MR) is 244 cm³/mol. The Morgan fingerprint density at radius 3 is 2.51 bits per heavy atom. The molecule has 0 bridgehead atoms. The monoisotopic (exact) mass is 959 g/mol. The number of benzene rings is 3. The van der Waals surface area contributed by atoms with E-state index in [1.165, 1.54) is 47.1 Å². The van der Waals surface area contributed by atoms with E-state index >= 15 is 8.78 Å². The highest BCUT2D eigenvalue weighted by molar-refractivity contribution is 7.90. The first-order valence-corrected chi connectivity index (χ1v) is 23.8. The molecule has 1 spiro atoms. The molecule has 5 aromatic rings. The topological polar surface area (TPSA) is 241 Å². The number of hydrogen-bond acceptors (Lipinski definition) is 13. The molecule has 4 N–H and O–H groups in total. The van der Waals surface area contributed by atoms with Gasteiger partial charge in [-0.05, 0) is 74.6 Å². The summed E-state index contributed by atoms with van der Waals surface area (Å²) < 4.78 is 74.8. The van der Waals surface area contributed by atoms with E-state index in [1.54, 1.807) is 29.6 Å². The minimum atomic E-state index is -4.05. The number of fused-ring (bicyclic) bond motifs is 2. The Morgan fingerprint density at radius 1 is 1.06 bits per heavy atom. The van der Waals surface area contributed by atoms with Gasteiger partial charge >= 0.3 is 16.2 Å². The number of aliphatic hydroxyl groups excluding tert-OH is 1. The maximum Gasteiger partial charge on any atom is 0.325 e. The van der Waals surface area contributed by atoms with E-state index in [0.717, 1.165) is 16.4 Å². The first kappa shape index (κ1) is 46.7. The van der Waals surface area contributed by atoms with E-state index in [-0.39, 0.29) is 79.1 Å². The van der Waals surface area contributed by atoms with Gasteiger partial charge in [0, 0.05) is 65.2 Å². The fourth-order valence-corrected chi connectivity index (χ4v) is 10.5. The Labute approximate surface area is 389 Å². The molecule has 2 aromatic heterocycles. The van der Waals surface area contributed by atoms with E-state index in [0.29, 0.717) is 74.0 Å². The lowest BCUT2D eigenvalue weighted by atomic mass is 9.85. The third kappa shape index (κ3) is 8.77. The number of piperidine rings is 2. The summed E-state index contributed by atoms with van der Waals surface area (Å²) in [7, 11) is -0.997. The summed E-state index contributed by atoms with van der Waals surface area (Å²) in [6, 6.07) is 10.4. The highest BCUT2D eigenvalue weighted by Crippen LogP contribution is 2.42. The van der Waals surface area contributed by atoms with Gasteiger partial charge in [0.2, 0.25) is 5.91 Å². The van der Waals surface area contributed by atoms with Gasteiger partial charge in [0.05, 0.1) is 64.4 Å². The zero-order valence-corrected chi connectivity index (χ0v) is 38.4. The van der Waals surface area contributed by atoms with Crippen molar-refractivity contribution in [3.63, 3.8) is 0 Å². The highest BCUT2D eigenvalue weighted by atomic mass is 32.2. The summed E-state index contributed by atoms with van der Waals surface area (Å²) in [5.74, 6) is -1.84. The van der Waals surface area contributed by atoms with E-state index in [2.05, 4.69) is 20.1 Å². The van der Waals surface area contributed by atoms with Crippen molar-refractivity contribution < 1.29 is 46.5 Å². The fraction of sp³-hybridized carbons (Fsp3) is 0.467. The molecule has 4 fully saturated rings. The molecule has 23 heteroatoms. The lowest BCUT2D eigenvalue weighted by Crippen LogP contribution is -2.52. The Hall–Kier alpha value is -6.45. The summed E-state index contributed by atoms with van der Waals surface area (Å²) in [5.41, 5.74) is -1.59. The number of likely N-dealkylation sites (tertiary alicyclic amines) is 1. The Kier molecular flexibility index (Phi) is 12.3. The van der Waals surface area contributed by atoms with Crippen LogP contribution in [-0.4, -0.2) is 129 Å². The van der Waals surface area contributed by atoms with Crippen molar-refractivity contribution in [2.45, 2.75) is 75.3 Å². The lowest BCUT2D eigenvalue weighted by molar-refractivity contribution is -0.142. The van der Waals surface area contributed by atoms with Crippen LogP contribution in [0.3, 0.4) is 0 Å². The Bertz CT molecular complexity index is 3040. The second-order valence-corrected chi connectivity index (χ2v) is 19.7. The molecule has 2 atom stereocenters. The average Bonchev–Trinajstić information content (AvgIpc) is 3.86. The summed E-state index contributed by atoms with van der Waals surface area (Å²) in [6.45, 7) is 3.59. The SMILES string of the molecule is CCN(C)S(=O)(=O)Nc1ccc(F)c(Oc2ccc3ncn([C@H]4COC5(CCN(C(=O)CC6(O)CCN(c7cc8c(cc7F)c(N7CCC(O)NC7=O)nn8C)CC6)CC5)C4)c(=O)c3c2)c1C#N. The predicted octanol–water partition coefficient (Wildman–Crippen LogP) is 3.82. The maximum absolute atomic E-state index is 15.7. The lowest BCUT2D eigenvalue weighted by Gasteiger charge is -2.42. The summed E-state index contributed by atoms with van der Waals surface area (Å²) in [5, 5.41) is 38.9. The van der Waals surface area contributed by atoms with Crippen LogP contribution in [0.5, 0.6) is 11.5 Å². The third-order valence-corrected chi connectivity index (χ3v) is 15.3. The van der Waals surface area contributed by atoms with E-state index in [9.17, 15) is 38.3 Å². The van der Waals surface area contributed by atoms with Gasteiger partial charge in [0.25, 0.3) is 5.56 Å². The number of carbonyl (C=O) groups excluding carboxylic acids is 2. The zero-order valence-electron chi connectivity index (χ0n) is 37.6. The number of urea groups is 1. The largest absolute Gasteiger partial charge is 0.453 e. The molecule has 9 rings (SSSR count). The van der Waals surface area contributed by atoms with Crippen molar-refractivity contribution in [1.29, 1.82) is 5.26 Å². The van der Waals surface area contributed by atoms with E-state index < -0.39 is 56.6 Å². The number of nitrogens with one attached hydrogen (secondary N) is 2. The number of amides is 3. The van der Waals surface area contributed by atoms with Crippen LogP contribution in [0.4, 0.5) is 30.8 Å². The maximum atomic E-state index is 15.7. The van der Waals surface area contributed by atoms with E-state index in [4.69, 9.17) is 9.47 Å². The van der Waals surface area contributed by atoms with Crippen LogP contribution in [0.2, 0.25) is 0 Å².